The van der Waals surface area contributed by atoms with E-state index in [1.807, 2.05) is 68.4 Å². The Morgan fingerprint density at radius 3 is 2.47 bits per heavy atom. The van der Waals surface area contributed by atoms with E-state index in [-0.39, 0.29) is 5.91 Å². The molecule has 0 N–H and O–H groups in total. The van der Waals surface area contributed by atoms with Gasteiger partial charge in [-0.3, -0.25) is 4.79 Å². The van der Waals surface area contributed by atoms with E-state index in [1.165, 1.54) is 0 Å². The normalized spacial score (nSPS) is 11.1. The number of carbonyl (C=O) groups excluding carboxylic acids is 1. The van der Waals surface area contributed by atoms with Crippen LogP contribution in [0.5, 0.6) is 0 Å². The number of halogens is 1. The predicted octanol–water partition coefficient (Wildman–Crippen LogP) is 6.01. The first-order chi connectivity index (χ1) is 14.4. The van der Waals surface area contributed by atoms with Crippen LogP contribution < -0.4 is 4.90 Å². The molecule has 4 rings (SSSR count). The molecule has 6 heteroatoms. The molecule has 154 valence electrons. The van der Waals surface area contributed by atoms with Crippen LogP contribution in [-0.4, -0.2) is 24.9 Å². The number of hydrogen-bond donors (Lipinski definition) is 0. The fourth-order valence-corrected chi connectivity index (χ4v) is 3.81. The van der Waals surface area contributed by atoms with Gasteiger partial charge in [0.25, 0.3) is 5.91 Å². The number of fused-ring (bicyclic) bond motifs is 1. The molecule has 2 heterocycles. The van der Waals surface area contributed by atoms with Gasteiger partial charge in [-0.15, -0.1) is 0 Å². The van der Waals surface area contributed by atoms with Crippen LogP contribution in [0, 0.1) is 6.92 Å². The van der Waals surface area contributed by atoms with Crippen molar-refractivity contribution in [1.29, 1.82) is 0 Å². The van der Waals surface area contributed by atoms with E-state index in [9.17, 15) is 4.79 Å². The van der Waals surface area contributed by atoms with Crippen molar-refractivity contribution in [2.45, 2.75) is 20.0 Å². The molecule has 0 fully saturated rings. The summed E-state index contributed by atoms with van der Waals surface area (Å²) in [5, 5.41) is 0.931. The summed E-state index contributed by atoms with van der Waals surface area (Å²) in [4.78, 5) is 17.3. The van der Waals surface area contributed by atoms with Crippen molar-refractivity contribution in [2.75, 3.05) is 19.0 Å². The Bertz CT molecular complexity index is 1160. The Labute approximate surface area is 184 Å². The molecular weight excluding hydrogens is 444 g/mol. The number of aryl methyl sites for hydroxylation is 1. The second-order valence-corrected chi connectivity index (χ2v) is 8.41. The largest absolute Gasteiger partial charge is 0.467 e. The Kier molecular flexibility index (Phi) is 5.68. The van der Waals surface area contributed by atoms with Gasteiger partial charge in [0.15, 0.2) is 5.76 Å². The highest BCUT2D eigenvalue weighted by Gasteiger charge is 2.24. The maximum Gasteiger partial charge on any atom is 0.290 e. The summed E-state index contributed by atoms with van der Waals surface area (Å²) in [6.07, 6.45) is 1.62. The minimum absolute atomic E-state index is 0.159. The van der Waals surface area contributed by atoms with Gasteiger partial charge in [-0.25, -0.2) is 0 Å². The smallest absolute Gasteiger partial charge is 0.290 e. The topological polar surface area (TPSA) is 49.8 Å². The summed E-state index contributed by atoms with van der Waals surface area (Å²) in [5.41, 5.74) is 3.69. The first-order valence-corrected chi connectivity index (χ1v) is 10.5. The number of nitrogens with zero attached hydrogens (tertiary/aromatic N) is 2. The zero-order valence-corrected chi connectivity index (χ0v) is 18.8. The molecule has 30 heavy (non-hydrogen) atoms. The van der Waals surface area contributed by atoms with Crippen LogP contribution in [0.4, 0.5) is 5.69 Å². The van der Waals surface area contributed by atoms with Gasteiger partial charge < -0.3 is 18.6 Å². The van der Waals surface area contributed by atoms with Crippen LogP contribution in [-0.2, 0) is 13.1 Å². The molecule has 0 unspecified atom stereocenters. The van der Waals surface area contributed by atoms with E-state index in [0.29, 0.717) is 24.4 Å². The van der Waals surface area contributed by atoms with E-state index in [0.717, 1.165) is 32.4 Å². The average molecular weight is 467 g/mol. The summed E-state index contributed by atoms with van der Waals surface area (Å²) in [6, 6.07) is 17.6. The monoisotopic (exact) mass is 466 g/mol. The number of carbonyl (C=O) groups is 1. The Morgan fingerprint density at radius 2 is 1.80 bits per heavy atom. The first kappa shape index (κ1) is 20.3. The molecule has 0 aliphatic rings. The summed E-state index contributed by atoms with van der Waals surface area (Å²) in [6.45, 7) is 2.73. The van der Waals surface area contributed by atoms with E-state index in [2.05, 4.69) is 28.1 Å². The third-order valence-corrected chi connectivity index (χ3v) is 5.63. The van der Waals surface area contributed by atoms with Gasteiger partial charge in [0.1, 0.15) is 11.3 Å². The quantitative estimate of drug-likeness (QED) is 0.349. The van der Waals surface area contributed by atoms with Gasteiger partial charge in [-0.2, -0.15) is 0 Å². The van der Waals surface area contributed by atoms with Crippen LogP contribution in [0.3, 0.4) is 0 Å². The number of amides is 1. The Morgan fingerprint density at radius 1 is 1.03 bits per heavy atom. The third-order valence-electron chi connectivity index (χ3n) is 5.13. The van der Waals surface area contributed by atoms with Gasteiger partial charge in [0.05, 0.1) is 12.8 Å². The number of benzene rings is 2. The first-order valence-electron chi connectivity index (χ1n) is 9.69. The van der Waals surface area contributed by atoms with Gasteiger partial charge in [0.2, 0.25) is 0 Å². The molecule has 0 saturated carbocycles. The van der Waals surface area contributed by atoms with E-state index in [4.69, 9.17) is 8.83 Å². The molecule has 0 aliphatic heterocycles. The molecular formula is C24H23BrN2O3. The van der Waals surface area contributed by atoms with Crippen LogP contribution >= 0.6 is 15.9 Å². The molecule has 0 bridgehead atoms. The number of hydrogen-bond acceptors (Lipinski definition) is 4. The third kappa shape index (κ3) is 4.14. The van der Waals surface area contributed by atoms with E-state index >= 15 is 0 Å². The summed E-state index contributed by atoms with van der Waals surface area (Å²) in [5.74, 6) is 0.928. The van der Waals surface area contributed by atoms with Crippen molar-refractivity contribution >= 4 is 38.5 Å². The van der Waals surface area contributed by atoms with Crippen LogP contribution in [0.15, 0.2) is 74.2 Å². The minimum atomic E-state index is -0.159. The molecule has 4 aromatic rings. The van der Waals surface area contributed by atoms with Crippen molar-refractivity contribution < 1.29 is 13.6 Å². The second-order valence-electron chi connectivity index (χ2n) is 7.50. The van der Waals surface area contributed by atoms with Gasteiger partial charge in [0, 0.05) is 41.7 Å². The van der Waals surface area contributed by atoms with Gasteiger partial charge >= 0.3 is 0 Å². The lowest BCUT2D eigenvalue weighted by Crippen LogP contribution is -2.30. The maximum atomic E-state index is 13.5. The van der Waals surface area contributed by atoms with Crippen molar-refractivity contribution in [1.82, 2.24) is 4.90 Å². The highest BCUT2D eigenvalue weighted by Crippen LogP contribution is 2.29. The molecule has 2 aromatic carbocycles. The van der Waals surface area contributed by atoms with Crippen molar-refractivity contribution in [2.24, 2.45) is 0 Å². The molecule has 0 aliphatic carbocycles. The molecule has 0 saturated heterocycles. The van der Waals surface area contributed by atoms with E-state index in [1.54, 1.807) is 11.2 Å². The highest BCUT2D eigenvalue weighted by atomic mass is 79.9. The fourth-order valence-electron chi connectivity index (χ4n) is 3.45. The Balaban J connectivity index is 1.66. The zero-order valence-electron chi connectivity index (χ0n) is 17.2. The molecule has 2 aromatic heterocycles. The van der Waals surface area contributed by atoms with Gasteiger partial charge in [-0.05, 0) is 55.0 Å². The fraction of sp³-hybridized carbons (Fsp3) is 0.208. The molecule has 5 nitrogen and oxygen atoms in total. The van der Waals surface area contributed by atoms with Crippen LogP contribution in [0.25, 0.3) is 11.0 Å². The second kappa shape index (κ2) is 8.40. The molecule has 0 radical (unpaired) electrons. The lowest BCUT2D eigenvalue weighted by atomic mass is 10.1. The minimum Gasteiger partial charge on any atom is -0.467 e. The maximum absolute atomic E-state index is 13.5. The summed E-state index contributed by atoms with van der Waals surface area (Å²) < 4.78 is 12.4. The Hall–Kier alpha value is -2.99. The summed E-state index contributed by atoms with van der Waals surface area (Å²) >= 11 is 3.49. The lowest BCUT2D eigenvalue weighted by molar-refractivity contribution is 0.0686. The van der Waals surface area contributed by atoms with Crippen molar-refractivity contribution in [3.05, 3.63) is 88.0 Å². The number of furan rings is 2. The predicted molar refractivity (Wildman–Crippen MR) is 122 cm³/mol. The molecule has 1 amide bonds. The molecule has 0 atom stereocenters. The number of anilines is 1. The van der Waals surface area contributed by atoms with Crippen LogP contribution in [0.2, 0.25) is 0 Å². The SMILES string of the molecule is Cc1c(C(=O)N(Cc2ccc(N(C)C)cc2)Cc2ccco2)oc2ccc(Br)cc12. The van der Waals surface area contributed by atoms with Gasteiger partial charge in [-0.1, -0.05) is 28.1 Å². The number of rotatable bonds is 6. The average Bonchev–Trinajstić information content (AvgIpc) is 3.35. The lowest BCUT2D eigenvalue weighted by Gasteiger charge is -2.22. The van der Waals surface area contributed by atoms with E-state index < -0.39 is 0 Å². The van der Waals surface area contributed by atoms with Crippen molar-refractivity contribution in [3.8, 4) is 0 Å². The summed E-state index contributed by atoms with van der Waals surface area (Å²) in [7, 11) is 4.01. The zero-order chi connectivity index (χ0) is 21.3. The highest BCUT2D eigenvalue weighted by molar-refractivity contribution is 9.10. The molecule has 0 spiro atoms. The van der Waals surface area contributed by atoms with Crippen molar-refractivity contribution in [3.63, 3.8) is 0 Å². The standard InChI is InChI=1S/C24H23BrN2O3/c1-16-21-13-18(25)8-11-22(21)30-23(16)24(28)27(15-20-5-4-12-29-20)14-17-6-9-19(10-7-17)26(2)3/h4-13H,14-15H2,1-3H3. The van der Waals surface area contributed by atoms with Crippen LogP contribution in [0.1, 0.15) is 27.4 Å².